The lowest BCUT2D eigenvalue weighted by Crippen LogP contribution is -2.42. The van der Waals surface area contributed by atoms with E-state index in [1.54, 1.807) is 0 Å². The third kappa shape index (κ3) is 3.67. The Morgan fingerprint density at radius 3 is 2.62 bits per heavy atom. The molecule has 0 aliphatic carbocycles. The minimum absolute atomic E-state index is 0.0112. The summed E-state index contributed by atoms with van der Waals surface area (Å²) in [5.41, 5.74) is 0.315. The summed E-state index contributed by atoms with van der Waals surface area (Å²) in [5, 5.41) is 6.15. The Hall–Kier alpha value is -1.75. The van der Waals surface area contributed by atoms with Gasteiger partial charge in [0.05, 0.1) is 5.41 Å². The fraction of sp³-hybridized carbons (Fsp3) is 0.562. The van der Waals surface area contributed by atoms with E-state index in [-0.39, 0.29) is 5.91 Å². The van der Waals surface area contributed by atoms with Crippen LogP contribution < -0.4 is 20.1 Å². The molecule has 0 radical (unpaired) electrons. The Morgan fingerprint density at radius 1 is 1.19 bits per heavy atom. The molecule has 1 aromatic carbocycles. The van der Waals surface area contributed by atoms with Crippen molar-refractivity contribution in [1.82, 2.24) is 10.6 Å². The van der Waals surface area contributed by atoms with Gasteiger partial charge >= 0.3 is 0 Å². The maximum atomic E-state index is 12.4. The van der Waals surface area contributed by atoms with E-state index in [4.69, 9.17) is 9.47 Å². The fourth-order valence-electron chi connectivity index (χ4n) is 2.23. The molecule has 5 heteroatoms. The number of nitrogens with one attached hydrogen (secondary N) is 2. The number of benzene rings is 1. The first-order valence-electron chi connectivity index (χ1n) is 7.45. The predicted molar refractivity (Wildman–Crippen MR) is 82.0 cm³/mol. The first-order valence-corrected chi connectivity index (χ1v) is 7.45. The van der Waals surface area contributed by atoms with Gasteiger partial charge in [0.1, 0.15) is 13.2 Å². The molecule has 0 fully saturated rings. The van der Waals surface area contributed by atoms with Crippen LogP contribution in [0.4, 0.5) is 0 Å². The van der Waals surface area contributed by atoms with Crippen LogP contribution in [0.5, 0.6) is 11.5 Å². The first-order chi connectivity index (χ1) is 10.1. The zero-order valence-electron chi connectivity index (χ0n) is 13.0. The molecule has 1 aliphatic heterocycles. The summed E-state index contributed by atoms with van der Waals surface area (Å²) in [4.78, 5) is 12.4. The summed E-state index contributed by atoms with van der Waals surface area (Å²) in [7, 11) is 0. The van der Waals surface area contributed by atoms with Crippen LogP contribution >= 0.6 is 0 Å². The molecule has 2 rings (SSSR count). The number of ether oxygens (including phenoxy) is 2. The van der Waals surface area contributed by atoms with E-state index in [9.17, 15) is 4.79 Å². The summed E-state index contributed by atoms with van der Waals surface area (Å²) in [6.45, 7) is 9.30. The van der Waals surface area contributed by atoms with E-state index < -0.39 is 5.41 Å². The summed E-state index contributed by atoms with van der Waals surface area (Å²) < 4.78 is 11.1. The van der Waals surface area contributed by atoms with E-state index in [0.29, 0.717) is 25.5 Å². The second kappa shape index (κ2) is 6.80. The highest BCUT2D eigenvalue weighted by Gasteiger charge is 2.30. The fourth-order valence-corrected chi connectivity index (χ4v) is 2.23. The third-order valence-electron chi connectivity index (χ3n) is 3.67. The largest absolute Gasteiger partial charge is 0.486 e. The van der Waals surface area contributed by atoms with E-state index in [1.807, 2.05) is 39.0 Å². The average Bonchev–Trinajstić information content (AvgIpc) is 2.50. The standard InChI is InChI=1S/C16H24N2O3/c1-4-17-7-8-18-15(19)16(2,3)12-5-6-13-14(11-12)21-10-9-20-13/h5-6,11,17H,4,7-10H2,1-3H3,(H,18,19). The Balaban J connectivity index is 2.05. The van der Waals surface area contributed by atoms with E-state index in [0.717, 1.165) is 24.4 Å². The van der Waals surface area contributed by atoms with Crippen molar-refractivity contribution in [3.63, 3.8) is 0 Å². The topological polar surface area (TPSA) is 59.6 Å². The van der Waals surface area contributed by atoms with Crippen molar-refractivity contribution < 1.29 is 14.3 Å². The van der Waals surface area contributed by atoms with Crippen LogP contribution in [-0.2, 0) is 10.2 Å². The van der Waals surface area contributed by atoms with Crippen LogP contribution in [0, 0.1) is 0 Å². The average molecular weight is 292 g/mol. The summed E-state index contributed by atoms with van der Waals surface area (Å²) in [6, 6.07) is 5.70. The zero-order valence-corrected chi connectivity index (χ0v) is 13.0. The summed E-state index contributed by atoms with van der Waals surface area (Å²) in [5.74, 6) is 1.47. The third-order valence-corrected chi connectivity index (χ3v) is 3.67. The van der Waals surface area contributed by atoms with E-state index in [2.05, 4.69) is 10.6 Å². The van der Waals surface area contributed by atoms with Crippen molar-refractivity contribution in [2.24, 2.45) is 0 Å². The molecule has 0 atom stereocenters. The van der Waals surface area contributed by atoms with Gasteiger partial charge in [-0.15, -0.1) is 0 Å². The highest BCUT2D eigenvalue weighted by atomic mass is 16.6. The molecule has 0 unspecified atom stereocenters. The van der Waals surface area contributed by atoms with Crippen molar-refractivity contribution in [1.29, 1.82) is 0 Å². The number of likely N-dealkylation sites (N-methyl/N-ethyl adjacent to an activating group) is 1. The maximum absolute atomic E-state index is 12.4. The van der Waals surface area contributed by atoms with E-state index in [1.165, 1.54) is 0 Å². The van der Waals surface area contributed by atoms with Crippen molar-refractivity contribution >= 4 is 5.91 Å². The van der Waals surface area contributed by atoms with Crippen LogP contribution in [-0.4, -0.2) is 38.8 Å². The molecule has 1 aromatic rings. The molecule has 21 heavy (non-hydrogen) atoms. The molecular weight excluding hydrogens is 268 g/mol. The van der Waals surface area contributed by atoms with Crippen molar-refractivity contribution in [2.75, 3.05) is 32.8 Å². The molecular formula is C16H24N2O3. The Labute approximate surface area is 126 Å². The minimum atomic E-state index is -0.609. The first kappa shape index (κ1) is 15.6. The molecule has 1 heterocycles. The van der Waals surface area contributed by atoms with Crippen LogP contribution in [0.3, 0.4) is 0 Å². The van der Waals surface area contributed by atoms with Gasteiger partial charge in [-0.2, -0.15) is 0 Å². The molecule has 0 bridgehead atoms. The minimum Gasteiger partial charge on any atom is -0.486 e. The Morgan fingerprint density at radius 2 is 1.90 bits per heavy atom. The number of hydrogen-bond donors (Lipinski definition) is 2. The van der Waals surface area contributed by atoms with Gasteiger partial charge in [0.15, 0.2) is 11.5 Å². The number of rotatable bonds is 6. The number of amides is 1. The molecule has 0 saturated heterocycles. The molecule has 0 spiro atoms. The van der Waals surface area contributed by atoms with E-state index >= 15 is 0 Å². The van der Waals surface area contributed by atoms with Crippen molar-refractivity contribution in [3.8, 4) is 11.5 Å². The number of fused-ring (bicyclic) bond motifs is 1. The highest BCUT2D eigenvalue weighted by Crippen LogP contribution is 2.35. The van der Waals surface area contributed by atoms with Crippen molar-refractivity contribution in [3.05, 3.63) is 23.8 Å². The van der Waals surface area contributed by atoms with Gasteiger partial charge in [-0.05, 0) is 38.1 Å². The van der Waals surface area contributed by atoms with Crippen LogP contribution in [0.1, 0.15) is 26.3 Å². The second-order valence-corrected chi connectivity index (χ2v) is 5.59. The molecule has 0 aromatic heterocycles. The van der Waals surface area contributed by atoms with Crippen LogP contribution in [0.2, 0.25) is 0 Å². The highest BCUT2D eigenvalue weighted by molar-refractivity contribution is 5.87. The lowest BCUT2D eigenvalue weighted by atomic mass is 9.83. The number of hydrogen-bond acceptors (Lipinski definition) is 4. The molecule has 0 saturated carbocycles. The Bertz CT molecular complexity index is 500. The lowest BCUT2D eigenvalue weighted by molar-refractivity contribution is -0.125. The van der Waals surface area contributed by atoms with Crippen LogP contribution in [0.15, 0.2) is 18.2 Å². The van der Waals surface area contributed by atoms with Gasteiger partial charge in [0.2, 0.25) is 5.91 Å². The van der Waals surface area contributed by atoms with Gasteiger partial charge in [-0.3, -0.25) is 4.79 Å². The number of carbonyl (C=O) groups is 1. The van der Waals surface area contributed by atoms with Gasteiger partial charge in [0, 0.05) is 13.1 Å². The molecule has 116 valence electrons. The van der Waals surface area contributed by atoms with Crippen LogP contribution in [0.25, 0.3) is 0 Å². The zero-order chi connectivity index (χ0) is 15.3. The smallest absolute Gasteiger partial charge is 0.230 e. The molecule has 5 nitrogen and oxygen atoms in total. The normalized spacial score (nSPS) is 13.9. The molecule has 1 amide bonds. The molecule has 2 N–H and O–H groups in total. The second-order valence-electron chi connectivity index (χ2n) is 5.59. The van der Waals surface area contributed by atoms with Gasteiger partial charge in [-0.1, -0.05) is 13.0 Å². The van der Waals surface area contributed by atoms with Gasteiger partial charge in [-0.25, -0.2) is 0 Å². The SMILES string of the molecule is CCNCCNC(=O)C(C)(C)c1ccc2c(c1)OCCO2. The summed E-state index contributed by atoms with van der Waals surface area (Å²) >= 11 is 0. The van der Waals surface area contributed by atoms with Gasteiger partial charge < -0.3 is 20.1 Å². The predicted octanol–water partition coefficient (Wildman–Crippen LogP) is 1.46. The lowest BCUT2D eigenvalue weighted by Gasteiger charge is -2.26. The quantitative estimate of drug-likeness (QED) is 0.779. The summed E-state index contributed by atoms with van der Waals surface area (Å²) in [6.07, 6.45) is 0. The van der Waals surface area contributed by atoms with Crippen molar-refractivity contribution in [2.45, 2.75) is 26.2 Å². The number of carbonyl (C=O) groups excluding carboxylic acids is 1. The maximum Gasteiger partial charge on any atom is 0.230 e. The monoisotopic (exact) mass is 292 g/mol. The van der Waals surface area contributed by atoms with Gasteiger partial charge in [0.25, 0.3) is 0 Å². The Kier molecular flexibility index (Phi) is 5.07. The molecule has 1 aliphatic rings.